The summed E-state index contributed by atoms with van der Waals surface area (Å²) in [6.07, 6.45) is 10.4. The summed E-state index contributed by atoms with van der Waals surface area (Å²) in [5, 5.41) is 0. The Balaban J connectivity index is 1.75. The minimum Gasteiger partial charge on any atom is -0.330 e. The van der Waals surface area contributed by atoms with Crippen LogP contribution < -0.4 is 5.73 Å². The normalized spacial score (nSPS) is 23.6. The molecule has 0 aliphatic heterocycles. The molecular weight excluding hydrogens is 242 g/mol. The van der Waals surface area contributed by atoms with Crippen molar-refractivity contribution in [1.29, 1.82) is 0 Å². The maximum atomic E-state index is 6.19. The van der Waals surface area contributed by atoms with Crippen LogP contribution in [0.5, 0.6) is 0 Å². The van der Waals surface area contributed by atoms with Gasteiger partial charge in [0.1, 0.15) is 0 Å². The zero-order valence-corrected chi connectivity index (χ0v) is 13.2. The molecule has 0 spiro atoms. The molecule has 0 saturated heterocycles. The molecular formula is C19H29N. The van der Waals surface area contributed by atoms with Crippen LogP contribution >= 0.6 is 0 Å². The lowest BCUT2D eigenvalue weighted by atomic mass is 9.63. The van der Waals surface area contributed by atoms with Crippen molar-refractivity contribution in [1.82, 2.24) is 0 Å². The van der Waals surface area contributed by atoms with Gasteiger partial charge in [-0.3, -0.25) is 0 Å². The topological polar surface area (TPSA) is 26.0 Å². The van der Waals surface area contributed by atoms with Gasteiger partial charge in [0.05, 0.1) is 0 Å². The predicted molar refractivity (Wildman–Crippen MR) is 85.9 cm³/mol. The average molecular weight is 271 g/mol. The van der Waals surface area contributed by atoms with Crippen molar-refractivity contribution >= 4 is 0 Å². The first kappa shape index (κ1) is 14.1. The number of nitrogens with two attached hydrogens (primary N) is 1. The number of hydrogen-bond donors (Lipinski definition) is 1. The highest BCUT2D eigenvalue weighted by atomic mass is 14.6. The Kier molecular flexibility index (Phi) is 3.66. The summed E-state index contributed by atoms with van der Waals surface area (Å²) in [6, 6.07) is 7.20. The Labute approximate surface area is 124 Å². The van der Waals surface area contributed by atoms with Crippen molar-refractivity contribution in [3.63, 3.8) is 0 Å². The molecule has 1 nitrogen and oxygen atoms in total. The highest BCUT2D eigenvalue weighted by Gasteiger charge is 2.37. The van der Waals surface area contributed by atoms with E-state index in [9.17, 15) is 0 Å². The van der Waals surface area contributed by atoms with Gasteiger partial charge < -0.3 is 5.73 Å². The van der Waals surface area contributed by atoms with Gasteiger partial charge in [-0.2, -0.15) is 0 Å². The maximum absolute atomic E-state index is 6.19. The molecule has 0 heterocycles. The van der Waals surface area contributed by atoms with Gasteiger partial charge in [0.25, 0.3) is 0 Å². The fourth-order valence-electron chi connectivity index (χ4n) is 4.08. The van der Waals surface area contributed by atoms with E-state index in [1.165, 1.54) is 56.9 Å². The first-order chi connectivity index (χ1) is 9.52. The van der Waals surface area contributed by atoms with Gasteiger partial charge in [-0.1, -0.05) is 32.0 Å². The van der Waals surface area contributed by atoms with Crippen LogP contribution in [0.1, 0.15) is 62.6 Å². The van der Waals surface area contributed by atoms with Crippen molar-refractivity contribution in [2.75, 3.05) is 6.54 Å². The average Bonchev–Trinajstić information content (AvgIpc) is 2.89. The molecule has 2 aliphatic carbocycles. The quantitative estimate of drug-likeness (QED) is 0.873. The third-order valence-corrected chi connectivity index (χ3v) is 5.84. The SMILES string of the molecule is CC1(C)CCC(CN)(Cc2ccc3c(c2)CCC3)CC1. The Bertz CT molecular complexity index is 477. The Hall–Kier alpha value is -0.820. The minimum atomic E-state index is 0.363. The first-order valence-electron chi connectivity index (χ1n) is 8.33. The second-order valence-corrected chi connectivity index (χ2v) is 8.00. The van der Waals surface area contributed by atoms with E-state index >= 15 is 0 Å². The van der Waals surface area contributed by atoms with Gasteiger partial charge in [0.2, 0.25) is 0 Å². The lowest BCUT2D eigenvalue weighted by molar-refractivity contribution is 0.108. The zero-order chi connectivity index (χ0) is 14.2. The molecule has 0 aromatic heterocycles. The van der Waals surface area contributed by atoms with Crippen LogP contribution in [0.4, 0.5) is 0 Å². The molecule has 1 aromatic carbocycles. The van der Waals surface area contributed by atoms with Crippen molar-refractivity contribution in [2.45, 2.75) is 65.2 Å². The van der Waals surface area contributed by atoms with Gasteiger partial charge in [0.15, 0.2) is 0 Å². The summed E-state index contributed by atoms with van der Waals surface area (Å²) in [7, 11) is 0. The van der Waals surface area contributed by atoms with Gasteiger partial charge >= 0.3 is 0 Å². The van der Waals surface area contributed by atoms with Crippen LogP contribution in [0.25, 0.3) is 0 Å². The molecule has 1 heteroatoms. The minimum absolute atomic E-state index is 0.363. The number of benzene rings is 1. The van der Waals surface area contributed by atoms with E-state index in [4.69, 9.17) is 5.73 Å². The van der Waals surface area contributed by atoms with Crippen LogP contribution in [-0.4, -0.2) is 6.54 Å². The molecule has 110 valence electrons. The molecule has 1 fully saturated rings. The third-order valence-electron chi connectivity index (χ3n) is 5.84. The molecule has 0 amide bonds. The molecule has 0 unspecified atom stereocenters. The highest BCUT2D eigenvalue weighted by molar-refractivity contribution is 5.35. The van der Waals surface area contributed by atoms with E-state index in [0.29, 0.717) is 10.8 Å². The largest absolute Gasteiger partial charge is 0.330 e. The summed E-state index contributed by atoms with van der Waals surface area (Å²) < 4.78 is 0. The lowest BCUT2D eigenvalue weighted by Crippen LogP contribution is -2.39. The van der Waals surface area contributed by atoms with Crippen molar-refractivity contribution in [3.05, 3.63) is 34.9 Å². The van der Waals surface area contributed by atoms with Gasteiger partial charge in [-0.15, -0.1) is 0 Å². The second kappa shape index (κ2) is 5.18. The summed E-state index contributed by atoms with van der Waals surface area (Å²) in [5.74, 6) is 0. The van der Waals surface area contributed by atoms with Crippen LogP contribution in [0, 0.1) is 10.8 Å². The molecule has 3 rings (SSSR count). The standard InChI is InChI=1S/C19H29N/c1-18(2)8-10-19(14-20,11-9-18)13-15-6-7-16-4-3-5-17(16)12-15/h6-7,12H,3-5,8-11,13-14,20H2,1-2H3. The Morgan fingerprint density at radius 2 is 1.70 bits per heavy atom. The summed E-state index contributed by atoms with van der Waals surface area (Å²) in [6.45, 7) is 5.66. The van der Waals surface area contributed by atoms with E-state index in [-0.39, 0.29) is 0 Å². The number of aryl methyl sites for hydroxylation is 2. The lowest BCUT2D eigenvalue weighted by Gasteiger charge is -2.43. The number of rotatable bonds is 3. The predicted octanol–water partition coefficient (Wildman–Crippen LogP) is 4.26. The van der Waals surface area contributed by atoms with Crippen LogP contribution in [0.3, 0.4) is 0 Å². The fraction of sp³-hybridized carbons (Fsp3) is 0.684. The molecule has 2 N–H and O–H groups in total. The summed E-state index contributed by atoms with van der Waals surface area (Å²) in [5.41, 5.74) is 11.8. The van der Waals surface area contributed by atoms with Gasteiger partial charge in [0, 0.05) is 0 Å². The highest BCUT2D eigenvalue weighted by Crippen LogP contribution is 2.46. The molecule has 0 bridgehead atoms. The maximum Gasteiger partial charge on any atom is -0.00173 e. The van der Waals surface area contributed by atoms with Crippen molar-refractivity contribution in [3.8, 4) is 0 Å². The number of hydrogen-bond acceptors (Lipinski definition) is 1. The fourth-order valence-corrected chi connectivity index (χ4v) is 4.08. The van der Waals surface area contributed by atoms with E-state index in [0.717, 1.165) is 6.54 Å². The molecule has 2 aliphatic rings. The zero-order valence-electron chi connectivity index (χ0n) is 13.2. The van der Waals surface area contributed by atoms with E-state index in [1.807, 2.05) is 0 Å². The molecule has 0 radical (unpaired) electrons. The monoisotopic (exact) mass is 271 g/mol. The van der Waals surface area contributed by atoms with Gasteiger partial charge in [-0.05, 0) is 85.4 Å². The summed E-state index contributed by atoms with van der Waals surface area (Å²) >= 11 is 0. The number of fused-ring (bicyclic) bond motifs is 1. The second-order valence-electron chi connectivity index (χ2n) is 8.00. The Morgan fingerprint density at radius 3 is 2.40 bits per heavy atom. The van der Waals surface area contributed by atoms with Crippen molar-refractivity contribution < 1.29 is 0 Å². The van der Waals surface area contributed by atoms with Crippen LogP contribution in [0.2, 0.25) is 0 Å². The van der Waals surface area contributed by atoms with E-state index < -0.39 is 0 Å². The third kappa shape index (κ3) is 2.79. The van der Waals surface area contributed by atoms with Crippen LogP contribution in [-0.2, 0) is 19.3 Å². The first-order valence-corrected chi connectivity index (χ1v) is 8.33. The molecule has 0 atom stereocenters. The van der Waals surface area contributed by atoms with E-state index in [1.54, 1.807) is 11.1 Å². The Morgan fingerprint density at radius 1 is 1.00 bits per heavy atom. The molecule has 1 aromatic rings. The molecule has 1 saturated carbocycles. The van der Waals surface area contributed by atoms with Crippen LogP contribution in [0.15, 0.2) is 18.2 Å². The van der Waals surface area contributed by atoms with Gasteiger partial charge in [-0.25, -0.2) is 0 Å². The summed E-state index contributed by atoms with van der Waals surface area (Å²) in [4.78, 5) is 0. The molecule has 20 heavy (non-hydrogen) atoms. The van der Waals surface area contributed by atoms with Crippen molar-refractivity contribution in [2.24, 2.45) is 16.6 Å². The van der Waals surface area contributed by atoms with E-state index in [2.05, 4.69) is 32.0 Å². The smallest absolute Gasteiger partial charge is 0.00173 e.